The fourth-order valence-corrected chi connectivity index (χ4v) is 5.11. The third-order valence-corrected chi connectivity index (χ3v) is 7.27. The van der Waals surface area contributed by atoms with Gasteiger partial charge in [-0.2, -0.15) is 0 Å². The second-order valence-corrected chi connectivity index (χ2v) is 9.31. The molecule has 0 aromatic heterocycles. The summed E-state index contributed by atoms with van der Waals surface area (Å²) in [7, 11) is 0. The van der Waals surface area contributed by atoms with Crippen LogP contribution in [-0.4, -0.2) is 54.2 Å². The molecule has 0 bridgehead atoms. The topological polar surface area (TPSA) is 95.9 Å². The van der Waals surface area contributed by atoms with Gasteiger partial charge in [0.1, 0.15) is 6.61 Å². The van der Waals surface area contributed by atoms with Crippen LogP contribution in [0.25, 0.3) is 11.1 Å². The highest BCUT2D eigenvalue weighted by atomic mass is 16.5. The van der Waals surface area contributed by atoms with Gasteiger partial charge in [-0.05, 0) is 41.0 Å². The molecule has 2 aliphatic rings. The molecule has 0 radical (unpaired) electrons. The number of amides is 2. The molecule has 180 valence electrons. The van der Waals surface area contributed by atoms with E-state index in [4.69, 9.17) is 4.74 Å². The van der Waals surface area contributed by atoms with Gasteiger partial charge in [0.05, 0.1) is 11.8 Å². The molecular formula is C27H32N2O5. The molecule has 1 fully saturated rings. The lowest BCUT2D eigenvalue weighted by Crippen LogP contribution is -2.49. The van der Waals surface area contributed by atoms with Crippen LogP contribution in [0.2, 0.25) is 0 Å². The summed E-state index contributed by atoms with van der Waals surface area (Å²) in [4.78, 5) is 38.6. The van der Waals surface area contributed by atoms with Crippen LogP contribution in [0, 0.1) is 17.8 Å². The third kappa shape index (κ3) is 4.79. The molecule has 1 aliphatic carbocycles. The Kier molecular flexibility index (Phi) is 7.20. The van der Waals surface area contributed by atoms with Crippen molar-refractivity contribution < 1.29 is 24.2 Å². The fraction of sp³-hybridized carbons (Fsp3) is 0.444. The van der Waals surface area contributed by atoms with Gasteiger partial charge < -0.3 is 20.1 Å². The number of nitrogens with one attached hydrogen (secondary N) is 1. The minimum absolute atomic E-state index is 0.0231. The Balaban J connectivity index is 1.32. The Morgan fingerprint density at radius 2 is 1.71 bits per heavy atom. The standard InChI is InChI=1S/C27H32N2O5/c1-3-18(25(30)29-13-12-17(2)23(15-29)26(31)32)14-28-27(33)34-16-24-21-10-6-4-8-19(21)20-9-5-7-11-22(20)24/h4-11,17-18,23-24H,3,12-16H2,1-2H3,(H,28,33)(H,31,32). The first kappa shape index (κ1) is 23.8. The molecule has 0 spiro atoms. The van der Waals surface area contributed by atoms with Crippen molar-refractivity contribution in [3.8, 4) is 11.1 Å². The van der Waals surface area contributed by atoms with Crippen molar-refractivity contribution in [2.45, 2.75) is 32.6 Å². The van der Waals surface area contributed by atoms with Crippen LogP contribution < -0.4 is 5.32 Å². The average molecular weight is 465 g/mol. The number of carboxylic acid groups (broad SMARTS) is 1. The normalized spacial score (nSPS) is 20.2. The van der Waals surface area contributed by atoms with Gasteiger partial charge in [0.25, 0.3) is 0 Å². The number of aliphatic carboxylic acids is 1. The predicted molar refractivity (Wildman–Crippen MR) is 128 cm³/mol. The Labute approximate surface area is 200 Å². The van der Waals surface area contributed by atoms with E-state index in [1.807, 2.05) is 38.1 Å². The van der Waals surface area contributed by atoms with Gasteiger partial charge in [0.2, 0.25) is 5.91 Å². The average Bonchev–Trinajstić information content (AvgIpc) is 3.16. The van der Waals surface area contributed by atoms with E-state index in [0.717, 1.165) is 11.1 Å². The number of carboxylic acids is 1. The van der Waals surface area contributed by atoms with E-state index in [2.05, 4.69) is 29.6 Å². The molecule has 2 N–H and O–H groups in total. The molecule has 3 atom stereocenters. The van der Waals surface area contributed by atoms with Crippen molar-refractivity contribution >= 4 is 18.0 Å². The van der Waals surface area contributed by atoms with Gasteiger partial charge in [-0.3, -0.25) is 9.59 Å². The highest BCUT2D eigenvalue weighted by Crippen LogP contribution is 2.44. The van der Waals surface area contributed by atoms with E-state index in [1.165, 1.54) is 11.1 Å². The number of hydrogen-bond donors (Lipinski definition) is 2. The minimum atomic E-state index is -0.866. The fourth-order valence-electron chi connectivity index (χ4n) is 5.11. The molecular weight excluding hydrogens is 432 g/mol. The summed E-state index contributed by atoms with van der Waals surface area (Å²) in [6.45, 7) is 4.95. The van der Waals surface area contributed by atoms with Gasteiger partial charge in [-0.15, -0.1) is 0 Å². The summed E-state index contributed by atoms with van der Waals surface area (Å²) in [6, 6.07) is 16.3. The summed E-state index contributed by atoms with van der Waals surface area (Å²) in [5.41, 5.74) is 4.62. The van der Waals surface area contributed by atoms with Crippen molar-refractivity contribution in [3.05, 3.63) is 59.7 Å². The van der Waals surface area contributed by atoms with Crippen LogP contribution in [-0.2, 0) is 14.3 Å². The molecule has 1 aliphatic heterocycles. The lowest BCUT2D eigenvalue weighted by atomic mass is 9.86. The number of fused-ring (bicyclic) bond motifs is 3. The maximum atomic E-state index is 13.0. The molecule has 1 heterocycles. The quantitative estimate of drug-likeness (QED) is 0.643. The number of nitrogens with zero attached hydrogens (tertiary/aromatic N) is 1. The number of piperidine rings is 1. The Morgan fingerprint density at radius 3 is 2.29 bits per heavy atom. The number of alkyl carbamates (subject to hydrolysis) is 1. The number of carbonyl (C=O) groups is 3. The zero-order valence-electron chi connectivity index (χ0n) is 19.7. The summed E-state index contributed by atoms with van der Waals surface area (Å²) in [5.74, 6) is -1.92. The van der Waals surface area contributed by atoms with E-state index >= 15 is 0 Å². The smallest absolute Gasteiger partial charge is 0.407 e. The van der Waals surface area contributed by atoms with Gasteiger partial charge >= 0.3 is 12.1 Å². The van der Waals surface area contributed by atoms with Crippen molar-refractivity contribution in [2.24, 2.45) is 17.8 Å². The first-order chi connectivity index (χ1) is 16.4. The first-order valence-corrected chi connectivity index (χ1v) is 12.0. The third-order valence-electron chi connectivity index (χ3n) is 7.27. The van der Waals surface area contributed by atoms with Crippen molar-refractivity contribution in [3.63, 3.8) is 0 Å². The Bertz CT molecular complexity index is 1020. The van der Waals surface area contributed by atoms with E-state index in [0.29, 0.717) is 19.4 Å². The summed E-state index contributed by atoms with van der Waals surface area (Å²) in [5, 5.41) is 12.2. The van der Waals surface area contributed by atoms with Crippen LogP contribution >= 0.6 is 0 Å². The molecule has 2 aromatic carbocycles. The van der Waals surface area contributed by atoms with Crippen molar-refractivity contribution in [1.82, 2.24) is 10.2 Å². The van der Waals surface area contributed by atoms with Crippen LogP contribution in [0.1, 0.15) is 43.7 Å². The van der Waals surface area contributed by atoms with E-state index in [-0.39, 0.29) is 37.4 Å². The second-order valence-electron chi connectivity index (χ2n) is 9.31. The monoisotopic (exact) mass is 464 g/mol. The number of benzene rings is 2. The van der Waals surface area contributed by atoms with Gasteiger partial charge in [0.15, 0.2) is 0 Å². The van der Waals surface area contributed by atoms with Gasteiger partial charge in [-0.25, -0.2) is 4.79 Å². The zero-order valence-corrected chi connectivity index (χ0v) is 19.7. The van der Waals surface area contributed by atoms with Crippen molar-refractivity contribution in [1.29, 1.82) is 0 Å². The largest absolute Gasteiger partial charge is 0.481 e. The zero-order chi connectivity index (χ0) is 24.2. The Morgan fingerprint density at radius 1 is 1.09 bits per heavy atom. The number of carbonyl (C=O) groups excluding carboxylic acids is 2. The van der Waals surface area contributed by atoms with Crippen LogP contribution in [0.5, 0.6) is 0 Å². The van der Waals surface area contributed by atoms with E-state index < -0.39 is 23.9 Å². The maximum absolute atomic E-state index is 13.0. The second kappa shape index (κ2) is 10.3. The number of ether oxygens (including phenoxy) is 1. The van der Waals surface area contributed by atoms with Gasteiger partial charge in [-0.1, -0.05) is 62.4 Å². The number of rotatable bonds is 7. The molecule has 1 saturated heterocycles. The van der Waals surface area contributed by atoms with Crippen LogP contribution in [0.3, 0.4) is 0 Å². The van der Waals surface area contributed by atoms with Crippen LogP contribution in [0.4, 0.5) is 4.79 Å². The summed E-state index contributed by atoms with van der Waals surface area (Å²) < 4.78 is 5.57. The van der Waals surface area contributed by atoms with Crippen LogP contribution in [0.15, 0.2) is 48.5 Å². The lowest BCUT2D eigenvalue weighted by Gasteiger charge is -2.36. The predicted octanol–water partition coefficient (Wildman–Crippen LogP) is 4.12. The molecule has 7 nitrogen and oxygen atoms in total. The lowest BCUT2D eigenvalue weighted by molar-refractivity contribution is -0.149. The first-order valence-electron chi connectivity index (χ1n) is 12.0. The maximum Gasteiger partial charge on any atom is 0.407 e. The minimum Gasteiger partial charge on any atom is -0.481 e. The van der Waals surface area contributed by atoms with Gasteiger partial charge in [0, 0.05) is 25.6 Å². The number of likely N-dealkylation sites (tertiary alicyclic amines) is 1. The molecule has 34 heavy (non-hydrogen) atoms. The molecule has 2 aromatic rings. The summed E-state index contributed by atoms with van der Waals surface area (Å²) in [6.07, 6.45) is 0.661. The molecule has 2 amide bonds. The highest BCUT2D eigenvalue weighted by molar-refractivity contribution is 5.81. The molecule has 3 unspecified atom stereocenters. The summed E-state index contributed by atoms with van der Waals surface area (Å²) >= 11 is 0. The molecule has 0 saturated carbocycles. The highest BCUT2D eigenvalue weighted by Gasteiger charge is 2.35. The Hall–Kier alpha value is -3.35. The van der Waals surface area contributed by atoms with Crippen molar-refractivity contribution in [2.75, 3.05) is 26.2 Å². The van der Waals surface area contributed by atoms with E-state index in [1.54, 1.807) is 4.90 Å². The van der Waals surface area contributed by atoms with E-state index in [9.17, 15) is 19.5 Å². The molecule has 4 rings (SSSR count). The number of hydrogen-bond acceptors (Lipinski definition) is 4. The SMILES string of the molecule is CCC(CNC(=O)OCC1c2ccccc2-c2ccccc21)C(=O)N1CCC(C)C(C(=O)O)C1. The molecule has 7 heteroatoms.